The standard InChI is InChI=1S/C16H18Cl2N2O/c1-4-12-9-13(5-2)20(19-12)10(3)16(21)14-7-6-11(17)8-15(14)18/h6-10H,4-5H2,1-3H3. The van der Waals surface area contributed by atoms with E-state index in [-0.39, 0.29) is 11.8 Å². The predicted octanol–water partition coefficient (Wildman–Crippen LogP) is 4.76. The molecule has 2 aromatic rings. The van der Waals surface area contributed by atoms with Crippen molar-refractivity contribution in [3.8, 4) is 0 Å². The molecule has 0 saturated heterocycles. The molecule has 5 heteroatoms. The summed E-state index contributed by atoms with van der Waals surface area (Å²) in [5.74, 6) is -0.0582. The Morgan fingerprint density at radius 3 is 2.52 bits per heavy atom. The van der Waals surface area contributed by atoms with E-state index in [1.165, 1.54) is 0 Å². The fraction of sp³-hybridized carbons (Fsp3) is 0.375. The van der Waals surface area contributed by atoms with Crippen molar-refractivity contribution in [3.05, 3.63) is 51.3 Å². The first-order valence-electron chi connectivity index (χ1n) is 7.04. The number of hydrogen-bond acceptors (Lipinski definition) is 2. The number of nitrogens with zero attached hydrogens (tertiary/aromatic N) is 2. The largest absolute Gasteiger partial charge is 0.292 e. The molecule has 0 saturated carbocycles. The molecule has 1 unspecified atom stereocenters. The van der Waals surface area contributed by atoms with Gasteiger partial charge >= 0.3 is 0 Å². The molecule has 0 aliphatic carbocycles. The second kappa shape index (κ2) is 6.63. The van der Waals surface area contributed by atoms with Crippen LogP contribution in [0.2, 0.25) is 10.0 Å². The van der Waals surface area contributed by atoms with E-state index in [1.807, 2.05) is 13.0 Å². The van der Waals surface area contributed by atoms with E-state index < -0.39 is 0 Å². The van der Waals surface area contributed by atoms with E-state index in [1.54, 1.807) is 22.9 Å². The lowest BCUT2D eigenvalue weighted by Crippen LogP contribution is -2.20. The van der Waals surface area contributed by atoms with Gasteiger partial charge in [0, 0.05) is 16.3 Å². The predicted molar refractivity (Wildman–Crippen MR) is 86.5 cm³/mol. The van der Waals surface area contributed by atoms with E-state index >= 15 is 0 Å². The number of aryl methyl sites for hydroxylation is 2. The maximum atomic E-state index is 12.7. The molecular weight excluding hydrogens is 307 g/mol. The zero-order valence-corrected chi connectivity index (χ0v) is 13.9. The highest BCUT2D eigenvalue weighted by atomic mass is 35.5. The molecule has 1 aromatic carbocycles. The number of ketones is 1. The van der Waals surface area contributed by atoms with Gasteiger partial charge in [-0.15, -0.1) is 0 Å². The van der Waals surface area contributed by atoms with Crippen LogP contribution in [-0.4, -0.2) is 15.6 Å². The maximum Gasteiger partial charge on any atom is 0.188 e. The zero-order chi connectivity index (χ0) is 15.6. The average molecular weight is 325 g/mol. The minimum atomic E-state index is -0.390. The topological polar surface area (TPSA) is 34.9 Å². The summed E-state index contributed by atoms with van der Waals surface area (Å²) in [6, 6.07) is 6.59. The number of aromatic nitrogens is 2. The molecule has 21 heavy (non-hydrogen) atoms. The third kappa shape index (κ3) is 3.30. The van der Waals surface area contributed by atoms with Gasteiger partial charge in [0.15, 0.2) is 5.78 Å². The van der Waals surface area contributed by atoms with Gasteiger partial charge in [-0.2, -0.15) is 5.10 Å². The number of carbonyl (C=O) groups excluding carboxylic acids is 1. The minimum Gasteiger partial charge on any atom is -0.292 e. The summed E-state index contributed by atoms with van der Waals surface area (Å²) < 4.78 is 1.80. The van der Waals surface area contributed by atoms with E-state index in [4.69, 9.17) is 23.2 Å². The van der Waals surface area contributed by atoms with E-state index in [9.17, 15) is 4.79 Å². The van der Waals surface area contributed by atoms with Gasteiger partial charge in [0.05, 0.1) is 10.7 Å². The van der Waals surface area contributed by atoms with Gasteiger partial charge < -0.3 is 0 Å². The molecule has 0 fully saturated rings. The highest BCUT2D eigenvalue weighted by molar-refractivity contribution is 6.36. The van der Waals surface area contributed by atoms with Crippen LogP contribution in [0.5, 0.6) is 0 Å². The number of carbonyl (C=O) groups is 1. The summed E-state index contributed by atoms with van der Waals surface area (Å²) in [6.07, 6.45) is 1.68. The number of benzene rings is 1. The Hall–Kier alpha value is -1.32. The molecule has 1 aromatic heterocycles. The second-order valence-corrected chi connectivity index (χ2v) is 5.79. The fourth-order valence-electron chi connectivity index (χ4n) is 2.29. The summed E-state index contributed by atoms with van der Waals surface area (Å²) in [4.78, 5) is 12.7. The van der Waals surface area contributed by atoms with Crippen molar-refractivity contribution in [3.63, 3.8) is 0 Å². The van der Waals surface area contributed by atoms with Crippen LogP contribution in [0.4, 0.5) is 0 Å². The van der Waals surface area contributed by atoms with Crippen molar-refractivity contribution in [1.29, 1.82) is 0 Å². The van der Waals surface area contributed by atoms with Gasteiger partial charge in [-0.1, -0.05) is 37.0 Å². The van der Waals surface area contributed by atoms with Gasteiger partial charge in [0.25, 0.3) is 0 Å². The second-order valence-electron chi connectivity index (χ2n) is 4.94. The first-order chi connectivity index (χ1) is 9.97. The number of rotatable bonds is 5. The van der Waals surface area contributed by atoms with Crippen LogP contribution in [0, 0.1) is 0 Å². The first-order valence-corrected chi connectivity index (χ1v) is 7.80. The molecule has 1 atom stereocenters. The maximum absolute atomic E-state index is 12.7. The van der Waals surface area contributed by atoms with E-state index in [2.05, 4.69) is 18.9 Å². The van der Waals surface area contributed by atoms with Crippen LogP contribution in [0.1, 0.15) is 48.6 Å². The Labute approximate surface area is 134 Å². The molecule has 0 N–H and O–H groups in total. The summed E-state index contributed by atoms with van der Waals surface area (Å²) >= 11 is 12.0. The van der Waals surface area contributed by atoms with Gasteiger partial charge in [0.1, 0.15) is 6.04 Å². The smallest absolute Gasteiger partial charge is 0.188 e. The molecule has 0 spiro atoms. The van der Waals surface area contributed by atoms with Crippen LogP contribution in [-0.2, 0) is 12.8 Å². The van der Waals surface area contributed by atoms with Crippen molar-refractivity contribution >= 4 is 29.0 Å². The lowest BCUT2D eigenvalue weighted by molar-refractivity contribution is 0.0926. The molecule has 1 heterocycles. The summed E-state index contributed by atoms with van der Waals surface area (Å²) in [5, 5.41) is 5.41. The Bertz CT molecular complexity index is 664. The van der Waals surface area contributed by atoms with Gasteiger partial charge in [0.2, 0.25) is 0 Å². The van der Waals surface area contributed by atoms with Crippen LogP contribution >= 0.6 is 23.2 Å². The van der Waals surface area contributed by atoms with Crippen LogP contribution in [0.15, 0.2) is 24.3 Å². The molecular formula is C16H18Cl2N2O. The van der Waals surface area contributed by atoms with Crippen molar-refractivity contribution in [2.75, 3.05) is 0 Å². The van der Waals surface area contributed by atoms with Gasteiger partial charge in [-0.25, -0.2) is 0 Å². The summed E-state index contributed by atoms with van der Waals surface area (Å²) in [7, 11) is 0. The molecule has 0 aliphatic heterocycles. The highest BCUT2D eigenvalue weighted by Gasteiger charge is 2.22. The molecule has 0 aliphatic rings. The normalized spacial score (nSPS) is 12.4. The van der Waals surface area contributed by atoms with Crippen molar-refractivity contribution in [1.82, 2.24) is 9.78 Å². The fourth-order valence-corrected chi connectivity index (χ4v) is 2.79. The van der Waals surface area contributed by atoms with E-state index in [0.29, 0.717) is 15.6 Å². The van der Waals surface area contributed by atoms with Crippen LogP contribution in [0.3, 0.4) is 0 Å². The summed E-state index contributed by atoms with van der Waals surface area (Å²) in [5.41, 5.74) is 2.52. The SMILES string of the molecule is CCc1cc(CC)n(C(C)C(=O)c2ccc(Cl)cc2Cl)n1. The van der Waals surface area contributed by atoms with Crippen LogP contribution < -0.4 is 0 Å². The molecule has 0 radical (unpaired) electrons. The Morgan fingerprint density at radius 1 is 1.24 bits per heavy atom. The highest BCUT2D eigenvalue weighted by Crippen LogP contribution is 2.25. The number of halogens is 2. The number of Topliss-reactive ketones (excluding diaryl/α,β-unsaturated/α-hetero) is 1. The molecule has 0 amide bonds. The van der Waals surface area contributed by atoms with Crippen LogP contribution in [0.25, 0.3) is 0 Å². The van der Waals surface area contributed by atoms with Crippen molar-refractivity contribution < 1.29 is 4.79 Å². The first kappa shape index (κ1) is 16.1. The monoisotopic (exact) mass is 324 g/mol. The third-order valence-electron chi connectivity index (χ3n) is 3.53. The Kier molecular flexibility index (Phi) is 5.07. The van der Waals surface area contributed by atoms with E-state index in [0.717, 1.165) is 24.2 Å². The van der Waals surface area contributed by atoms with Gasteiger partial charge in [-0.3, -0.25) is 9.48 Å². The van der Waals surface area contributed by atoms with Crippen molar-refractivity contribution in [2.45, 2.75) is 39.7 Å². The zero-order valence-electron chi connectivity index (χ0n) is 12.4. The minimum absolute atomic E-state index is 0.0582. The molecule has 0 bridgehead atoms. The molecule has 112 valence electrons. The molecule has 2 rings (SSSR count). The van der Waals surface area contributed by atoms with Gasteiger partial charge in [-0.05, 0) is 44.0 Å². The molecule has 3 nitrogen and oxygen atoms in total. The lowest BCUT2D eigenvalue weighted by atomic mass is 10.1. The summed E-state index contributed by atoms with van der Waals surface area (Å²) in [6.45, 7) is 5.95. The quantitative estimate of drug-likeness (QED) is 0.743. The number of hydrogen-bond donors (Lipinski definition) is 0. The lowest BCUT2D eigenvalue weighted by Gasteiger charge is -2.15. The van der Waals surface area contributed by atoms with Crippen molar-refractivity contribution in [2.24, 2.45) is 0 Å². The third-order valence-corrected chi connectivity index (χ3v) is 4.08. The Morgan fingerprint density at radius 2 is 1.95 bits per heavy atom. The Balaban J connectivity index is 2.36. The average Bonchev–Trinajstić information content (AvgIpc) is 2.89.